The van der Waals surface area contributed by atoms with Crippen molar-refractivity contribution in [1.82, 2.24) is 14.9 Å². The number of benzene rings is 2. The van der Waals surface area contributed by atoms with Gasteiger partial charge in [0.15, 0.2) is 0 Å². The van der Waals surface area contributed by atoms with Crippen molar-refractivity contribution >= 4 is 5.91 Å². The average Bonchev–Trinajstić information content (AvgIpc) is 3.34. The quantitative estimate of drug-likeness (QED) is 0.634. The Hall–Kier alpha value is -3.08. The van der Waals surface area contributed by atoms with Crippen LogP contribution in [-0.4, -0.2) is 22.6 Å². The Kier molecular flexibility index (Phi) is 5.62. The number of aryl methyl sites for hydroxylation is 3. The lowest BCUT2D eigenvalue weighted by atomic mass is 9.93. The highest BCUT2D eigenvalue weighted by atomic mass is 16.5. The fourth-order valence-corrected chi connectivity index (χ4v) is 4.11. The number of fused-ring (bicyclic) bond motifs is 1. The topological polar surface area (TPSA) is 56.1 Å². The normalized spacial score (nSPS) is 13.9. The maximum Gasteiger partial charge on any atom is 0.251 e. The third kappa shape index (κ3) is 3.97. The third-order valence-corrected chi connectivity index (χ3v) is 5.82. The maximum absolute atomic E-state index is 13.0. The number of aromatic nitrogens is 2. The van der Waals surface area contributed by atoms with Crippen LogP contribution in [0.3, 0.4) is 0 Å². The number of carbonyl (C=O) groups excluding carboxylic acids is 1. The number of ether oxygens (including phenoxy) is 1. The summed E-state index contributed by atoms with van der Waals surface area (Å²) < 4.78 is 7.62. The Morgan fingerprint density at radius 3 is 2.77 bits per heavy atom. The van der Waals surface area contributed by atoms with Crippen LogP contribution in [0.25, 0.3) is 11.3 Å². The zero-order valence-electron chi connectivity index (χ0n) is 18.1. The molecule has 3 aromatic rings. The Labute approximate surface area is 178 Å². The van der Waals surface area contributed by atoms with E-state index < -0.39 is 0 Å². The van der Waals surface area contributed by atoms with Crippen LogP contribution in [-0.2, 0) is 13.0 Å². The van der Waals surface area contributed by atoms with Crippen LogP contribution in [0.2, 0.25) is 0 Å². The summed E-state index contributed by atoms with van der Waals surface area (Å²) in [7, 11) is 1.62. The second kappa shape index (κ2) is 8.34. The van der Waals surface area contributed by atoms with Crippen LogP contribution in [0, 0.1) is 12.8 Å². The van der Waals surface area contributed by atoms with E-state index in [9.17, 15) is 4.79 Å². The molecule has 0 fully saturated rings. The summed E-state index contributed by atoms with van der Waals surface area (Å²) in [4.78, 5) is 17.8. The molecule has 1 aromatic heterocycles. The maximum atomic E-state index is 13.0. The van der Waals surface area contributed by atoms with Gasteiger partial charge in [0.2, 0.25) is 0 Å². The van der Waals surface area contributed by atoms with Crippen LogP contribution in [0.15, 0.2) is 48.7 Å². The Morgan fingerprint density at radius 1 is 1.20 bits per heavy atom. The molecule has 0 bridgehead atoms. The largest absolute Gasteiger partial charge is 0.496 e. The average molecular weight is 404 g/mol. The zero-order valence-corrected chi connectivity index (χ0v) is 18.1. The fourth-order valence-electron chi connectivity index (χ4n) is 4.11. The molecule has 30 heavy (non-hydrogen) atoms. The van der Waals surface area contributed by atoms with E-state index in [2.05, 4.69) is 48.1 Å². The molecule has 2 heterocycles. The van der Waals surface area contributed by atoms with E-state index in [1.54, 1.807) is 13.2 Å². The minimum atomic E-state index is -0.0987. The minimum absolute atomic E-state index is 0.0980. The highest BCUT2D eigenvalue weighted by molar-refractivity contribution is 5.95. The molecular weight excluding hydrogens is 374 g/mol. The monoisotopic (exact) mass is 403 g/mol. The summed E-state index contributed by atoms with van der Waals surface area (Å²) >= 11 is 0. The molecule has 0 aliphatic carbocycles. The first-order valence-corrected chi connectivity index (χ1v) is 10.6. The minimum Gasteiger partial charge on any atom is -0.496 e. The van der Waals surface area contributed by atoms with E-state index in [0.29, 0.717) is 5.56 Å². The molecule has 1 N–H and O–H groups in total. The fraction of sp³-hybridized carbons (Fsp3) is 0.360. The Morgan fingerprint density at radius 2 is 2.03 bits per heavy atom. The van der Waals surface area contributed by atoms with Crippen LogP contribution in [0.1, 0.15) is 53.6 Å². The van der Waals surface area contributed by atoms with Gasteiger partial charge in [0.05, 0.1) is 18.8 Å². The van der Waals surface area contributed by atoms with Gasteiger partial charge >= 0.3 is 0 Å². The van der Waals surface area contributed by atoms with Crippen molar-refractivity contribution in [2.24, 2.45) is 5.92 Å². The van der Waals surface area contributed by atoms with Crippen molar-refractivity contribution in [2.45, 2.75) is 46.2 Å². The molecule has 1 atom stereocenters. The van der Waals surface area contributed by atoms with E-state index in [4.69, 9.17) is 9.72 Å². The smallest absolute Gasteiger partial charge is 0.251 e. The Bertz CT molecular complexity index is 1050. The second-order valence-corrected chi connectivity index (χ2v) is 8.34. The summed E-state index contributed by atoms with van der Waals surface area (Å²) in [5.41, 5.74) is 4.79. The van der Waals surface area contributed by atoms with Crippen molar-refractivity contribution in [3.05, 3.63) is 71.2 Å². The van der Waals surface area contributed by atoms with E-state index in [-0.39, 0.29) is 17.9 Å². The van der Waals surface area contributed by atoms with Gasteiger partial charge in [-0.15, -0.1) is 0 Å². The molecule has 1 aliphatic heterocycles. The van der Waals surface area contributed by atoms with E-state index in [1.807, 2.05) is 25.1 Å². The first kappa shape index (κ1) is 20.2. The molecule has 1 amide bonds. The number of carbonyl (C=O) groups is 1. The molecule has 0 spiro atoms. The summed E-state index contributed by atoms with van der Waals surface area (Å²) in [6.45, 7) is 7.26. The van der Waals surface area contributed by atoms with Crippen molar-refractivity contribution in [3.63, 3.8) is 0 Å². The van der Waals surface area contributed by atoms with Gasteiger partial charge in [-0.2, -0.15) is 0 Å². The lowest BCUT2D eigenvalue weighted by Crippen LogP contribution is -2.31. The lowest BCUT2D eigenvalue weighted by Gasteiger charge is -2.23. The number of rotatable bonds is 6. The van der Waals surface area contributed by atoms with Gasteiger partial charge in [-0.05, 0) is 48.6 Å². The summed E-state index contributed by atoms with van der Waals surface area (Å²) in [6.07, 6.45) is 4.36. The van der Waals surface area contributed by atoms with Gasteiger partial charge in [-0.1, -0.05) is 38.1 Å². The summed E-state index contributed by atoms with van der Waals surface area (Å²) in [5.74, 6) is 2.03. The van der Waals surface area contributed by atoms with Gasteiger partial charge < -0.3 is 14.6 Å². The van der Waals surface area contributed by atoms with Crippen LogP contribution >= 0.6 is 0 Å². The van der Waals surface area contributed by atoms with Crippen molar-refractivity contribution < 1.29 is 9.53 Å². The molecular formula is C25H29N3O2. The first-order chi connectivity index (χ1) is 14.5. The number of imidazole rings is 1. The SMILES string of the molecule is COc1cc(C(=O)NC(c2cccc(-c3cn4c(n3)CCC4)c2)C(C)C)ccc1C. The molecule has 0 radical (unpaired) electrons. The number of nitrogens with zero attached hydrogens (tertiary/aromatic N) is 2. The highest BCUT2D eigenvalue weighted by Crippen LogP contribution is 2.29. The van der Waals surface area contributed by atoms with E-state index in [0.717, 1.165) is 46.9 Å². The molecule has 5 heteroatoms. The predicted molar refractivity (Wildman–Crippen MR) is 119 cm³/mol. The molecule has 1 unspecified atom stereocenters. The van der Waals surface area contributed by atoms with Crippen molar-refractivity contribution in [3.8, 4) is 17.0 Å². The van der Waals surface area contributed by atoms with Crippen LogP contribution < -0.4 is 10.1 Å². The number of nitrogens with one attached hydrogen (secondary N) is 1. The van der Waals surface area contributed by atoms with E-state index in [1.165, 1.54) is 6.42 Å². The molecule has 0 saturated heterocycles. The number of hydrogen-bond acceptors (Lipinski definition) is 3. The second-order valence-electron chi connectivity index (χ2n) is 8.34. The first-order valence-electron chi connectivity index (χ1n) is 10.6. The third-order valence-electron chi connectivity index (χ3n) is 5.82. The number of methoxy groups -OCH3 is 1. The van der Waals surface area contributed by atoms with Crippen molar-refractivity contribution in [1.29, 1.82) is 0 Å². The van der Waals surface area contributed by atoms with Gasteiger partial charge in [-0.25, -0.2) is 4.98 Å². The molecule has 0 saturated carbocycles. The zero-order chi connectivity index (χ0) is 21.3. The molecule has 156 valence electrons. The van der Waals surface area contributed by atoms with Gasteiger partial charge in [-0.3, -0.25) is 4.79 Å². The van der Waals surface area contributed by atoms with Crippen molar-refractivity contribution in [2.75, 3.05) is 7.11 Å². The number of hydrogen-bond donors (Lipinski definition) is 1. The van der Waals surface area contributed by atoms with Crippen LogP contribution in [0.4, 0.5) is 0 Å². The summed E-state index contributed by atoms with van der Waals surface area (Å²) in [5, 5.41) is 3.22. The molecule has 4 rings (SSSR count). The highest BCUT2D eigenvalue weighted by Gasteiger charge is 2.21. The van der Waals surface area contributed by atoms with Gasteiger partial charge in [0.1, 0.15) is 11.6 Å². The summed E-state index contributed by atoms with van der Waals surface area (Å²) in [6, 6.07) is 13.8. The molecule has 1 aliphatic rings. The number of amides is 1. The predicted octanol–water partition coefficient (Wildman–Crippen LogP) is 4.94. The van der Waals surface area contributed by atoms with Gasteiger partial charge in [0, 0.05) is 30.3 Å². The van der Waals surface area contributed by atoms with Gasteiger partial charge in [0.25, 0.3) is 5.91 Å². The van der Waals surface area contributed by atoms with E-state index >= 15 is 0 Å². The van der Waals surface area contributed by atoms with Crippen LogP contribution in [0.5, 0.6) is 5.75 Å². The molecule has 2 aromatic carbocycles. The standard InChI is InChI=1S/C25H29N3O2/c1-16(2)24(27-25(29)20-11-10-17(3)22(14-20)30-4)19-8-5-7-18(13-19)21-15-28-12-6-9-23(28)26-21/h5,7-8,10-11,13-16,24H,6,9,12H2,1-4H3,(H,27,29). The lowest BCUT2D eigenvalue weighted by molar-refractivity contribution is 0.0925. The molecule has 5 nitrogen and oxygen atoms in total. The Balaban J connectivity index is 1.59.